The Labute approximate surface area is 52.9 Å². The fourth-order valence-electron chi connectivity index (χ4n) is 0.474. The molecule has 52 valence electrons. The van der Waals surface area contributed by atoms with Crippen LogP contribution in [0.25, 0.3) is 0 Å². The van der Waals surface area contributed by atoms with Crippen molar-refractivity contribution >= 4 is 0 Å². The van der Waals surface area contributed by atoms with E-state index in [0.29, 0.717) is 6.04 Å². The third kappa shape index (κ3) is 4.09. The van der Waals surface area contributed by atoms with Gasteiger partial charge < -0.3 is 11.1 Å². The summed E-state index contributed by atoms with van der Waals surface area (Å²) in [6.45, 7) is 6.00. The van der Waals surface area contributed by atoms with Crippen molar-refractivity contribution in [3.8, 4) is 0 Å². The van der Waals surface area contributed by atoms with Crippen LogP contribution in [0.1, 0.15) is 21.7 Å². The molecule has 0 bridgehead atoms. The molecular formula is C6H18N2. The first-order valence-corrected chi connectivity index (χ1v) is 3.24. The Balaban J connectivity index is 0. The van der Waals surface area contributed by atoms with Crippen molar-refractivity contribution in [1.82, 2.24) is 5.32 Å². The molecule has 1 atom stereocenters. The highest BCUT2D eigenvalue weighted by Gasteiger charge is 1.92. The molecule has 0 radical (unpaired) electrons. The average molecular weight is 118 g/mol. The monoisotopic (exact) mass is 118 g/mol. The van der Waals surface area contributed by atoms with Crippen LogP contribution in [0.5, 0.6) is 0 Å². The molecule has 0 saturated heterocycles. The maximum atomic E-state index is 5.27. The summed E-state index contributed by atoms with van der Waals surface area (Å²) in [7, 11) is 0. The van der Waals surface area contributed by atoms with Crippen LogP contribution in [0.3, 0.4) is 0 Å². The highest BCUT2D eigenvalue weighted by molar-refractivity contribution is 4.56. The van der Waals surface area contributed by atoms with E-state index in [1.54, 1.807) is 0 Å². The Bertz CT molecular complexity index is 50.3. The van der Waals surface area contributed by atoms with E-state index < -0.39 is 0 Å². The lowest BCUT2D eigenvalue weighted by molar-refractivity contribution is 0.542. The van der Waals surface area contributed by atoms with Crippen LogP contribution in [0, 0.1) is 0 Å². The van der Waals surface area contributed by atoms with E-state index >= 15 is 0 Å². The topological polar surface area (TPSA) is 38.0 Å². The van der Waals surface area contributed by atoms with E-state index in [2.05, 4.69) is 19.2 Å². The van der Waals surface area contributed by atoms with Gasteiger partial charge in [-0.3, -0.25) is 0 Å². The number of hydrogen-bond acceptors (Lipinski definition) is 2. The highest BCUT2D eigenvalue weighted by Crippen LogP contribution is 1.84. The van der Waals surface area contributed by atoms with Crippen LogP contribution in [0.15, 0.2) is 0 Å². The van der Waals surface area contributed by atoms with Gasteiger partial charge in [0.2, 0.25) is 0 Å². The van der Waals surface area contributed by atoms with Gasteiger partial charge in [-0.15, -0.1) is 0 Å². The second kappa shape index (κ2) is 5.06. The molecule has 0 aliphatic heterocycles. The van der Waals surface area contributed by atoms with Crippen LogP contribution in [0.4, 0.5) is 0 Å². The number of nitrogens with two attached hydrogens (primary N) is 1. The maximum Gasteiger partial charge on any atom is 0.00769 e. The molecule has 0 fully saturated rings. The summed E-state index contributed by atoms with van der Waals surface area (Å²) in [4.78, 5) is 0. The van der Waals surface area contributed by atoms with Gasteiger partial charge in [0.25, 0.3) is 0 Å². The Kier molecular flexibility index (Phi) is 5.01. The zero-order valence-corrected chi connectivity index (χ0v) is 5.78. The Morgan fingerprint density at radius 1 is 1.75 bits per heavy atom. The van der Waals surface area contributed by atoms with E-state index in [-0.39, 0.29) is 1.43 Å². The molecule has 2 nitrogen and oxygen atoms in total. The number of nitrogens with one attached hydrogen (secondary N) is 1. The second-order valence-electron chi connectivity index (χ2n) is 2.05. The minimum atomic E-state index is 0. The Hall–Kier alpha value is -0.0800. The molecule has 0 aromatic rings. The van der Waals surface area contributed by atoms with Gasteiger partial charge in [-0.1, -0.05) is 6.92 Å². The standard InChI is InChI=1S/C6H16N2.H2/c1-3-6(2)8-5-4-7;/h6,8H,3-5,7H2,1-2H3;1H/t6-;/m1./s1. The number of rotatable bonds is 4. The third-order valence-corrected chi connectivity index (χ3v) is 1.25. The molecule has 0 rings (SSSR count). The molecule has 0 aromatic carbocycles. The SMILES string of the molecule is CC[C@@H](C)NCCN.[HH]. The van der Waals surface area contributed by atoms with E-state index in [0.717, 1.165) is 13.1 Å². The van der Waals surface area contributed by atoms with Gasteiger partial charge in [-0.2, -0.15) is 0 Å². The molecule has 2 heteroatoms. The fraction of sp³-hybridized carbons (Fsp3) is 1.00. The van der Waals surface area contributed by atoms with E-state index in [9.17, 15) is 0 Å². The Morgan fingerprint density at radius 3 is 2.75 bits per heavy atom. The third-order valence-electron chi connectivity index (χ3n) is 1.25. The van der Waals surface area contributed by atoms with Gasteiger partial charge in [0.05, 0.1) is 0 Å². The summed E-state index contributed by atoms with van der Waals surface area (Å²) in [6.07, 6.45) is 1.18. The van der Waals surface area contributed by atoms with Crippen molar-refractivity contribution < 1.29 is 1.43 Å². The maximum absolute atomic E-state index is 5.27. The fourth-order valence-corrected chi connectivity index (χ4v) is 0.474. The smallest absolute Gasteiger partial charge is 0.00769 e. The lowest BCUT2D eigenvalue weighted by Gasteiger charge is -2.08. The summed E-state index contributed by atoms with van der Waals surface area (Å²) in [5, 5.41) is 3.26. The zero-order chi connectivity index (χ0) is 6.41. The molecule has 0 saturated carbocycles. The molecule has 0 spiro atoms. The van der Waals surface area contributed by atoms with Crippen LogP contribution >= 0.6 is 0 Å². The molecule has 0 amide bonds. The quantitative estimate of drug-likeness (QED) is 0.566. The molecule has 8 heavy (non-hydrogen) atoms. The van der Waals surface area contributed by atoms with E-state index in [1.807, 2.05) is 0 Å². The minimum absolute atomic E-state index is 0. The minimum Gasteiger partial charge on any atom is -0.329 e. The van der Waals surface area contributed by atoms with Gasteiger partial charge in [0.15, 0.2) is 0 Å². The van der Waals surface area contributed by atoms with Crippen LogP contribution in [-0.2, 0) is 0 Å². The summed E-state index contributed by atoms with van der Waals surface area (Å²) < 4.78 is 0. The van der Waals surface area contributed by atoms with Crippen molar-refractivity contribution in [3.63, 3.8) is 0 Å². The second-order valence-corrected chi connectivity index (χ2v) is 2.05. The van der Waals surface area contributed by atoms with Gasteiger partial charge in [-0.25, -0.2) is 0 Å². The molecule has 0 unspecified atom stereocenters. The van der Waals surface area contributed by atoms with Gasteiger partial charge in [-0.05, 0) is 13.3 Å². The van der Waals surface area contributed by atoms with Crippen molar-refractivity contribution in [2.75, 3.05) is 13.1 Å². The predicted octanol–water partition coefficient (Wildman–Crippen LogP) is 0.579. The first-order chi connectivity index (χ1) is 3.81. The Morgan fingerprint density at radius 2 is 2.38 bits per heavy atom. The summed E-state index contributed by atoms with van der Waals surface area (Å²) in [5.41, 5.74) is 5.27. The summed E-state index contributed by atoms with van der Waals surface area (Å²) >= 11 is 0. The first-order valence-electron chi connectivity index (χ1n) is 3.24. The van der Waals surface area contributed by atoms with Crippen molar-refractivity contribution in [2.45, 2.75) is 26.3 Å². The normalized spacial score (nSPS) is 13.9. The van der Waals surface area contributed by atoms with Gasteiger partial charge in [0, 0.05) is 20.6 Å². The molecular weight excluding hydrogens is 100 g/mol. The molecule has 0 aliphatic carbocycles. The molecule has 0 aliphatic rings. The first kappa shape index (κ1) is 7.92. The molecule has 3 N–H and O–H groups in total. The largest absolute Gasteiger partial charge is 0.329 e. The van der Waals surface area contributed by atoms with Crippen molar-refractivity contribution in [3.05, 3.63) is 0 Å². The van der Waals surface area contributed by atoms with E-state index in [1.165, 1.54) is 6.42 Å². The zero-order valence-electron chi connectivity index (χ0n) is 5.78. The van der Waals surface area contributed by atoms with Crippen molar-refractivity contribution in [1.29, 1.82) is 0 Å². The van der Waals surface area contributed by atoms with Crippen LogP contribution in [0.2, 0.25) is 0 Å². The van der Waals surface area contributed by atoms with Gasteiger partial charge >= 0.3 is 0 Å². The van der Waals surface area contributed by atoms with E-state index in [4.69, 9.17) is 5.73 Å². The number of hydrogen-bond donors (Lipinski definition) is 2. The molecule has 0 heterocycles. The van der Waals surface area contributed by atoms with Crippen LogP contribution in [-0.4, -0.2) is 19.1 Å². The average Bonchev–Trinajstić information content (AvgIpc) is 1.83. The lowest BCUT2D eigenvalue weighted by Crippen LogP contribution is -2.30. The summed E-state index contributed by atoms with van der Waals surface area (Å²) in [5.74, 6) is 0. The van der Waals surface area contributed by atoms with Crippen molar-refractivity contribution in [2.24, 2.45) is 5.73 Å². The lowest BCUT2D eigenvalue weighted by atomic mass is 10.3. The van der Waals surface area contributed by atoms with Gasteiger partial charge in [0.1, 0.15) is 0 Å². The van der Waals surface area contributed by atoms with Crippen LogP contribution < -0.4 is 11.1 Å². The predicted molar refractivity (Wildman–Crippen MR) is 38.9 cm³/mol. The molecule has 0 aromatic heterocycles. The highest BCUT2D eigenvalue weighted by atomic mass is 14.9. The summed E-state index contributed by atoms with van der Waals surface area (Å²) in [6, 6.07) is 0.624.